The van der Waals surface area contributed by atoms with Crippen LogP contribution in [0.25, 0.3) is 6.08 Å². The molecule has 1 unspecified atom stereocenters. The Hall–Kier alpha value is -3.43. The van der Waals surface area contributed by atoms with Gasteiger partial charge >= 0.3 is 0 Å². The third-order valence-electron chi connectivity index (χ3n) is 6.06. The fraction of sp³-hybridized carbons (Fsp3) is 0.103. The summed E-state index contributed by atoms with van der Waals surface area (Å²) in [6.07, 6.45) is 3.03. The van der Waals surface area contributed by atoms with Gasteiger partial charge in [-0.25, -0.2) is 0 Å². The molecule has 2 heterocycles. The van der Waals surface area contributed by atoms with Gasteiger partial charge in [-0.1, -0.05) is 119 Å². The molecular weight excluding hydrogens is 573 g/mol. The number of hydrogen-bond donors (Lipinski definition) is 1. The van der Waals surface area contributed by atoms with Crippen LogP contribution in [0.4, 0.5) is 5.13 Å². The number of aromatic nitrogens is 2. The second-order valence-electron chi connectivity index (χ2n) is 8.73. The number of anilines is 1. The number of aliphatic hydroxyl groups excluding tert-OH is 1. The van der Waals surface area contributed by atoms with E-state index < -0.39 is 23.5 Å². The average molecular weight is 595 g/mol. The lowest BCUT2D eigenvalue weighted by atomic mass is 9.95. The molecule has 10 heteroatoms. The second kappa shape index (κ2) is 11.8. The van der Waals surface area contributed by atoms with Gasteiger partial charge in [0.15, 0.2) is 15.9 Å². The van der Waals surface area contributed by atoms with Gasteiger partial charge in [0.2, 0.25) is 5.13 Å². The Balaban J connectivity index is 1.45. The van der Waals surface area contributed by atoms with E-state index in [0.29, 0.717) is 25.7 Å². The van der Waals surface area contributed by atoms with Crippen molar-refractivity contribution in [2.24, 2.45) is 0 Å². The number of rotatable bonds is 8. The van der Waals surface area contributed by atoms with Crippen molar-refractivity contribution < 1.29 is 14.7 Å². The maximum absolute atomic E-state index is 13.4. The maximum Gasteiger partial charge on any atom is 0.296 e. The number of carbonyl (C=O) groups is 2. The molecule has 3 aromatic carbocycles. The molecule has 1 aliphatic rings. The SMILES string of the molecule is Cc1ccc(C2C(C(=O)C=Cc3ccccc3)=C(O)C(=O)N2c2nnc(SCc3ccc(Cl)cc3Cl)s2)cc1. The molecule has 0 bridgehead atoms. The first-order chi connectivity index (χ1) is 18.8. The van der Waals surface area contributed by atoms with Gasteiger partial charge in [0.05, 0.1) is 11.6 Å². The van der Waals surface area contributed by atoms with Crippen molar-refractivity contribution in [3.8, 4) is 0 Å². The van der Waals surface area contributed by atoms with E-state index in [1.807, 2.05) is 67.6 Å². The summed E-state index contributed by atoms with van der Waals surface area (Å²) in [4.78, 5) is 28.1. The number of halogens is 2. The van der Waals surface area contributed by atoms with Gasteiger partial charge in [-0.2, -0.15) is 0 Å². The minimum atomic E-state index is -0.859. The van der Waals surface area contributed by atoms with Crippen LogP contribution in [0.15, 0.2) is 94.5 Å². The number of nitrogens with zero attached hydrogens (tertiary/aromatic N) is 3. The fourth-order valence-corrected chi connectivity index (χ4v) is 6.51. The summed E-state index contributed by atoms with van der Waals surface area (Å²) in [6.45, 7) is 1.95. The Morgan fingerprint density at radius 3 is 2.54 bits per heavy atom. The predicted octanol–water partition coefficient (Wildman–Crippen LogP) is 7.63. The molecule has 0 spiro atoms. The Kier molecular flexibility index (Phi) is 8.18. The van der Waals surface area contributed by atoms with Gasteiger partial charge in [-0.3, -0.25) is 14.5 Å². The van der Waals surface area contributed by atoms with Crippen molar-refractivity contribution in [1.82, 2.24) is 10.2 Å². The molecule has 0 saturated heterocycles. The molecule has 0 radical (unpaired) electrons. The van der Waals surface area contributed by atoms with Crippen LogP contribution in [0.3, 0.4) is 0 Å². The van der Waals surface area contributed by atoms with Crippen molar-refractivity contribution >= 4 is 69.2 Å². The molecule has 6 nitrogen and oxygen atoms in total. The minimum Gasteiger partial charge on any atom is -0.503 e. The Labute approximate surface area is 243 Å². The lowest BCUT2D eigenvalue weighted by Crippen LogP contribution is -2.30. The number of thioether (sulfide) groups is 1. The molecular formula is C29H21Cl2N3O3S2. The Morgan fingerprint density at radius 1 is 1.08 bits per heavy atom. The molecule has 1 aliphatic heterocycles. The molecule has 0 saturated carbocycles. The minimum absolute atomic E-state index is 0.00613. The van der Waals surface area contributed by atoms with Crippen LogP contribution in [0.1, 0.15) is 28.3 Å². The summed E-state index contributed by atoms with van der Waals surface area (Å²) in [6, 6.07) is 21.2. The van der Waals surface area contributed by atoms with E-state index in [-0.39, 0.29) is 10.7 Å². The zero-order valence-electron chi connectivity index (χ0n) is 20.5. The monoisotopic (exact) mass is 593 g/mol. The lowest BCUT2D eigenvalue weighted by molar-refractivity contribution is -0.117. The highest BCUT2D eigenvalue weighted by molar-refractivity contribution is 8.00. The van der Waals surface area contributed by atoms with Crippen LogP contribution in [0.2, 0.25) is 10.0 Å². The summed E-state index contributed by atoms with van der Waals surface area (Å²) in [5.41, 5.74) is 3.40. The van der Waals surface area contributed by atoms with Gasteiger partial charge in [0.25, 0.3) is 5.91 Å². The first-order valence-corrected chi connectivity index (χ1v) is 14.4. The summed E-state index contributed by atoms with van der Waals surface area (Å²) >= 11 is 14.9. The number of allylic oxidation sites excluding steroid dienone is 1. The van der Waals surface area contributed by atoms with E-state index in [2.05, 4.69) is 10.2 Å². The summed E-state index contributed by atoms with van der Waals surface area (Å²) in [5, 5.41) is 20.8. The number of aliphatic hydroxyl groups is 1. The zero-order valence-corrected chi connectivity index (χ0v) is 23.7. The van der Waals surface area contributed by atoms with Crippen molar-refractivity contribution in [1.29, 1.82) is 0 Å². The molecule has 1 atom stereocenters. The first-order valence-electron chi connectivity index (χ1n) is 11.8. The van der Waals surface area contributed by atoms with Gasteiger partial charge in [0, 0.05) is 15.8 Å². The summed E-state index contributed by atoms with van der Waals surface area (Å²) in [7, 11) is 0. The van der Waals surface area contributed by atoms with Crippen LogP contribution in [0, 0.1) is 6.92 Å². The normalized spacial score (nSPS) is 15.5. The molecule has 1 amide bonds. The molecule has 5 rings (SSSR count). The van der Waals surface area contributed by atoms with Crippen LogP contribution in [0.5, 0.6) is 0 Å². The summed E-state index contributed by atoms with van der Waals surface area (Å²) < 4.78 is 0.606. The van der Waals surface area contributed by atoms with Crippen molar-refractivity contribution in [2.75, 3.05) is 4.90 Å². The number of hydrogen-bond acceptors (Lipinski definition) is 7. The van der Waals surface area contributed by atoms with E-state index in [1.54, 1.807) is 18.2 Å². The quantitative estimate of drug-likeness (QED) is 0.128. The Bertz CT molecular complexity index is 1600. The molecule has 4 aromatic rings. The fourth-order valence-electron chi connectivity index (χ4n) is 4.08. The van der Waals surface area contributed by atoms with E-state index in [0.717, 1.165) is 16.7 Å². The highest BCUT2D eigenvalue weighted by Crippen LogP contribution is 2.43. The van der Waals surface area contributed by atoms with Crippen molar-refractivity contribution in [3.05, 3.63) is 123 Å². The highest BCUT2D eigenvalue weighted by atomic mass is 35.5. The number of ketones is 1. The van der Waals surface area contributed by atoms with Crippen LogP contribution in [-0.2, 0) is 15.3 Å². The molecule has 0 fully saturated rings. The smallest absolute Gasteiger partial charge is 0.296 e. The van der Waals surface area contributed by atoms with E-state index in [4.69, 9.17) is 23.2 Å². The lowest BCUT2D eigenvalue weighted by Gasteiger charge is -2.23. The van der Waals surface area contributed by atoms with E-state index in [1.165, 1.54) is 34.1 Å². The molecule has 196 valence electrons. The standard InChI is InChI=1S/C29H21Cl2N3O3S2/c1-17-7-10-19(11-8-17)25-24(23(35)14-9-18-5-3-2-4-6-18)26(36)27(37)34(25)28-32-33-29(39-28)38-16-20-12-13-21(30)15-22(20)31/h2-15,25,36H,16H2,1H3. The number of aryl methyl sites for hydroxylation is 1. The number of amides is 1. The number of carbonyl (C=O) groups excluding carboxylic acids is 2. The topological polar surface area (TPSA) is 83.4 Å². The van der Waals surface area contributed by atoms with Gasteiger partial charge in [-0.05, 0) is 41.8 Å². The Morgan fingerprint density at radius 2 is 1.82 bits per heavy atom. The van der Waals surface area contributed by atoms with E-state index in [9.17, 15) is 14.7 Å². The largest absolute Gasteiger partial charge is 0.503 e. The molecule has 1 N–H and O–H groups in total. The molecule has 39 heavy (non-hydrogen) atoms. The van der Waals surface area contributed by atoms with Crippen LogP contribution in [-0.4, -0.2) is 27.0 Å². The van der Waals surface area contributed by atoms with Crippen molar-refractivity contribution in [3.63, 3.8) is 0 Å². The average Bonchev–Trinajstić information content (AvgIpc) is 3.50. The number of benzene rings is 3. The van der Waals surface area contributed by atoms with Gasteiger partial charge in [0.1, 0.15) is 0 Å². The van der Waals surface area contributed by atoms with Crippen LogP contribution < -0.4 is 4.90 Å². The third-order valence-corrected chi connectivity index (χ3v) is 8.75. The van der Waals surface area contributed by atoms with E-state index >= 15 is 0 Å². The zero-order chi connectivity index (χ0) is 27.5. The van der Waals surface area contributed by atoms with Gasteiger partial charge in [-0.15, -0.1) is 10.2 Å². The second-order valence-corrected chi connectivity index (χ2v) is 11.8. The molecule has 1 aromatic heterocycles. The predicted molar refractivity (Wildman–Crippen MR) is 157 cm³/mol. The molecule has 0 aliphatic carbocycles. The highest BCUT2D eigenvalue weighted by Gasteiger charge is 2.45. The van der Waals surface area contributed by atoms with Crippen molar-refractivity contribution in [2.45, 2.75) is 23.1 Å². The third kappa shape index (κ3) is 5.94. The van der Waals surface area contributed by atoms with Gasteiger partial charge < -0.3 is 5.11 Å². The van der Waals surface area contributed by atoms with Crippen LogP contribution >= 0.6 is 46.3 Å². The summed E-state index contributed by atoms with van der Waals surface area (Å²) in [5.74, 6) is -1.24. The first kappa shape index (κ1) is 27.1. The maximum atomic E-state index is 13.4.